The second-order valence-corrected chi connectivity index (χ2v) is 5.45. The lowest BCUT2D eigenvalue weighted by atomic mass is 10.1. The maximum Gasteiger partial charge on any atom is 0.254 e. The molecule has 4 heteroatoms. The molecule has 20 heavy (non-hydrogen) atoms. The first-order valence-corrected chi connectivity index (χ1v) is 7.15. The average molecular weight is 336 g/mol. The van der Waals surface area contributed by atoms with Crippen LogP contribution in [0.3, 0.4) is 0 Å². The summed E-state index contributed by atoms with van der Waals surface area (Å²) in [6, 6.07) is 12.8. The largest absolute Gasteiger partial charge is 0.352 e. The zero-order valence-corrected chi connectivity index (χ0v) is 12.7. The highest BCUT2D eigenvalue weighted by Gasteiger charge is 2.13. The third-order valence-electron chi connectivity index (χ3n) is 2.98. The maximum absolute atomic E-state index is 13.7. The molecule has 1 N–H and O–H groups in total. The average Bonchev–Trinajstić information content (AvgIpc) is 2.42. The monoisotopic (exact) mass is 335 g/mol. The van der Waals surface area contributed by atoms with Gasteiger partial charge in [-0.05, 0) is 47.0 Å². The smallest absolute Gasteiger partial charge is 0.254 e. The molecule has 0 bridgehead atoms. The van der Waals surface area contributed by atoms with Gasteiger partial charge in [0.25, 0.3) is 5.91 Å². The summed E-state index contributed by atoms with van der Waals surface area (Å²) in [4.78, 5) is 11.9. The molecule has 2 aromatic carbocycles. The SMILES string of the molecule is Cc1cccc(CCNC(=O)c2cccc(Br)c2F)c1. The zero-order valence-electron chi connectivity index (χ0n) is 11.1. The van der Waals surface area contributed by atoms with Crippen LogP contribution in [0.4, 0.5) is 4.39 Å². The maximum atomic E-state index is 13.7. The van der Waals surface area contributed by atoms with E-state index >= 15 is 0 Å². The van der Waals surface area contributed by atoms with Crippen molar-refractivity contribution < 1.29 is 9.18 Å². The van der Waals surface area contributed by atoms with E-state index < -0.39 is 11.7 Å². The predicted octanol–water partition coefficient (Wildman–Crippen LogP) is 3.87. The van der Waals surface area contributed by atoms with Crippen LogP contribution >= 0.6 is 15.9 Å². The quantitative estimate of drug-likeness (QED) is 0.902. The van der Waals surface area contributed by atoms with Crippen LogP contribution in [0.2, 0.25) is 0 Å². The zero-order chi connectivity index (χ0) is 14.5. The summed E-state index contributed by atoms with van der Waals surface area (Å²) in [5, 5.41) is 2.74. The summed E-state index contributed by atoms with van der Waals surface area (Å²) >= 11 is 3.07. The molecule has 0 unspecified atom stereocenters. The topological polar surface area (TPSA) is 29.1 Å². The Balaban J connectivity index is 1.94. The minimum atomic E-state index is -0.527. The number of rotatable bonds is 4. The minimum absolute atomic E-state index is 0.0589. The molecule has 0 fully saturated rings. The van der Waals surface area contributed by atoms with Gasteiger partial charge in [0.05, 0.1) is 10.0 Å². The third-order valence-corrected chi connectivity index (χ3v) is 3.59. The first-order chi connectivity index (χ1) is 9.58. The first kappa shape index (κ1) is 14.7. The Bertz CT molecular complexity index is 628. The lowest BCUT2D eigenvalue weighted by molar-refractivity contribution is 0.0950. The highest BCUT2D eigenvalue weighted by atomic mass is 79.9. The van der Waals surface area contributed by atoms with Gasteiger partial charge in [-0.3, -0.25) is 4.79 Å². The normalized spacial score (nSPS) is 10.3. The van der Waals surface area contributed by atoms with Crippen molar-refractivity contribution in [3.8, 4) is 0 Å². The summed E-state index contributed by atoms with van der Waals surface area (Å²) in [7, 11) is 0. The van der Waals surface area contributed by atoms with Crippen molar-refractivity contribution in [2.24, 2.45) is 0 Å². The Morgan fingerprint density at radius 2 is 2.00 bits per heavy atom. The van der Waals surface area contributed by atoms with Crippen LogP contribution in [0.15, 0.2) is 46.9 Å². The number of hydrogen-bond donors (Lipinski definition) is 1. The standard InChI is InChI=1S/C16H15BrFNO/c1-11-4-2-5-12(10-11)8-9-19-16(20)13-6-3-7-14(17)15(13)18/h2-7,10H,8-9H2,1H3,(H,19,20). The van der Waals surface area contributed by atoms with Crippen LogP contribution in [0.25, 0.3) is 0 Å². The number of carbonyl (C=O) groups is 1. The molecule has 2 nitrogen and oxygen atoms in total. The fourth-order valence-corrected chi connectivity index (χ4v) is 2.33. The Labute approximate surface area is 126 Å². The Hall–Kier alpha value is -1.68. The molecule has 0 radical (unpaired) electrons. The molecule has 0 atom stereocenters. The molecular formula is C16H15BrFNO. The molecule has 2 rings (SSSR count). The van der Waals surface area contributed by atoms with E-state index in [-0.39, 0.29) is 5.56 Å². The number of aryl methyl sites for hydroxylation is 1. The third kappa shape index (κ3) is 3.67. The molecule has 0 aromatic heterocycles. The summed E-state index contributed by atoms with van der Waals surface area (Å²) in [6.07, 6.45) is 0.725. The molecule has 0 aliphatic heterocycles. The molecule has 0 spiro atoms. The summed E-state index contributed by atoms with van der Waals surface area (Å²) in [6.45, 7) is 2.51. The van der Waals surface area contributed by atoms with Crippen molar-refractivity contribution in [2.45, 2.75) is 13.3 Å². The van der Waals surface area contributed by atoms with Gasteiger partial charge in [-0.2, -0.15) is 0 Å². The lowest BCUT2D eigenvalue weighted by Gasteiger charge is -2.07. The molecule has 0 aliphatic rings. The summed E-state index contributed by atoms with van der Waals surface area (Å²) in [5.74, 6) is -0.919. The Morgan fingerprint density at radius 3 is 2.75 bits per heavy atom. The van der Waals surface area contributed by atoms with Crippen molar-refractivity contribution in [1.82, 2.24) is 5.32 Å². The van der Waals surface area contributed by atoms with E-state index in [1.54, 1.807) is 12.1 Å². The van der Waals surface area contributed by atoms with E-state index in [0.717, 1.165) is 12.0 Å². The van der Waals surface area contributed by atoms with Gasteiger partial charge in [0.15, 0.2) is 0 Å². The van der Waals surface area contributed by atoms with E-state index in [1.807, 2.05) is 25.1 Å². The summed E-state index contributed by atoms with van der Waals surface area (Å²) in [5.41, 5.74) is 2.40. The fourth-order valence-electron chi connectivity index (χ4n) is 1.96. The van der Waals surface area contributed by atoms with Crippen LogP contribution in [-0.4, -0.2) is 12.5 Å². The van der Waals surface area contributed by atoms with Crippen LogP contribution in [-0.2, 0) is 6.42 Å². The molecule has 0 saturated heterocycles. The van der Waals surface area contributed by atoms with Gasteiger partial charge in [-0.1, -0.05) is 35.9 Å². The highest BCUT2D eigenvalue weighted by molar-refractivity contribution is 9.10. The van der Waals surface area contributed by atoms with E-state index in [9.17, 15) is 9.18 Å². The van der Waals surface area contributed by atoms with E-state index in [4.69, 9.17) is 0 Å². The molecule has 2 aromatic rings. The van der Waals surface area contributed by atoms with Crippen molar-refractivity contribution in [2.75, 3.05) is 6.54 Å². The molecule has 0 aliphatic carbocycles. The lowest BCUT2D eigenvalue weighted by Crippen LogP contribution is -2.26. The number of amides is 1. The van der Waals surface area contributed by atoms with E-state index in [1.165, 1.54) is 11.6 Å². The van der Waals surface area contributed by atoms with Crippen molar-refractivity contribution in [1.29, 1.82) is 0 Å². The highest BCUT2D eigenvalue weighted by Crippen LogP contribution is 2.18. The molecule has 104 valence electrons. The molecule has 0 heterocycles. The van der Waals surface area contributed by atoms with Crippen LogP contribution in [0, 0.1) is 12.7 Å². The molecule has 0 saturated carbocycles. The van der Waals surface area contributed by atoms with E-state index in [2.05, 4.69) is 27.3 Å². The Kier molecular flexibility index (Phi) is 4.90. The molecule has 1 amide bonds. The summed E-state index contributed by atoms with van der Waals surface area (Å²) < 4.78 is 14.0. The van der Waals surface area contributed by atoms with Crippen LogP contribution in [0.5, 0.6) is 0 Å². The number of halogens is 2. The van der Waals surface area contributed by atoms with Gasteiger partial charge in [-0.15, -0.1) is 0 Å². The van der Waals surface area contributed by atoms with Gasteiger partial charge in [-0.25, -0.2) is 4.39 Å². The van der Waals surface area contributed by atoms with Crippen molar-refractivity contribution in [3.05, 3.63) is 69.4 Å². The number of carbonyl (C=O) groups excluding carboxylic acids is 1. The first-order valence-electron chi connectivity index (χ1n) is 6.35. The van der Waals surface area contributed by atoms with Crippen LogP contribution in [0.1, 0.15) is 21.5 Å². The van der Waals surface area contributed by atoms with Gasteiger partial charge in [0.1, 0.15) is 5.82 Å². The number of benzene rings is 2. The minimum Gasteiger partial charge on any atom is -0.352 e. The van der Waals surface area contributed by atoms with Gasteiger partial charge in [0.2, 0.25) is 0 Å². The molecular weight excluding hydrogens is 321 g/mol. The van der Waals surface area contributed by atoms with Gasteiger partial charge in [0, 0.05) is 6.54 Å². The number of hydrogen-bond acceptors (Lipinski definition) is 1. The second kappa shape index (κ2) is 6.66. The van der Waals surface area contributed by atoms with Crippen LogP contribution < -0.4 is 5.32 Å². The van der Waals surface area contributed by atoms with Crippen molar-refractivity contribution >= 4 is 21.8 Å². The second-order valence-electron chi connectivity index (χ2n) is 4.60. The Morgan fingerprint density at radius 1 is 1.25 bits per heavy atom. The predicted molar refractivity (Wildman–Crippen MR) is 81.3 cm³/mol. The van der Waals surface area contributed by atoms with E-state index in [0.29, 0.717) is 11.0 Å². The fraction of sp³-hybridized carbons (Fsp3) is 0.188. The van der Waals surface area contributed by atoms with Crippen molar-refractivity contribution in [3.63, 3.8) is 0 Å². The van der Waals surface area contributed by atoms with Gasteiger partial charge >= 0.3 is 0 Å². The van der Waals surface area contributed by atoms with Gasteiger partial charge < -0.3 is 5.32 Å². The number of nitrogens with one attached hydrogen (secondary N) is 1.